The maximum atomic E-state index is 12.0. The molecule has 0 saturated heterocycles. The molecule has 1 aliphatic heterocycles. The van der Waals surface area contributed by atoms with Gasteiger partial charge in [0.2, 0.25) is 10.0 Å². The van der Waals surface area contributed by atoms with Gasteiger partial charge in [0.05, 0.1) is 11.4 Å². The van der Waals surface area contributed by atoms with Crippen molar-refractivity contribution in [3.8, 4) is 11.8 Å². The lowest BCUT2D eigenvalue weighted by Gasteiger charge is -2.18. The van der Waals surface area contributed by atoms with Crippen LogP contribution in [0.3, 0.4) is 0 Å². The van der Waals surface area contributed by atoms with Gasteiger partial charge in [-0.15, -0.1) is 5.92 Å². The SMILES string of the molecule is CC#CCNS(=O)(=O)c1ccc2c(c1)NCCC2. The van der Waals surface area contributed by atoms with Gasteiger partial charge in [-0.1, -0.05) is 12.0 Å². The number of fused-ring (bicyclic) bond motifs is 1. The van der Waals surface area contributed by atoms with Gasteiger partial charge in [-0.2, -0.15) is 4.72 Å². The van der Waals surface area contributed by atoms with Crippen LogP contribution in [0.5, 0.6) is 0 Å². The van der Waals surface area contributed by atoms with Crippen LogP contribution in [0.25, 0.3) is 0 Å². The lowest BCUT2D eigenvalue weighted by atomic mass is 10.0. The lowest BCUT2D eigenvalue weighted by Crippen LogP contribution is -2.24. The van der Waals surface area contributed by atoms with Crippen LogP contribution in [0, 0.1) is 11.8 Å². The molecule has 1 aromatic rings. The number of benzene rings is 1. The third-order valence-corrected chi connectivity index (χ3v) is 4.26. The Morgan fingerprint density at radius 1 is 1.44 bits per heavy atom. The van der Waals surface area contributed by atoms with E-state index < -0.39 is 10.0 Å². The van der Waals surface area contributed by atoms with E-state index in [1.54, 1.807) is 19.1 Å². The van der Waals surface area contributed by atoms with Crippen LogP contribution in [0.1, 0.15) is 18.9 Å². The van der Waals surface area contributed by atoms with Crippen LogP contribution in [-0.4, -0.2) is 21.5 Å². The van der Waals surface area contributed by atoms with Crippen molar-refractivity contribution in [1.29, 1.82) is 0 Å². The van der Waals surface area contributed by atoms with Crippen LogP contribution >= 0.6 is 0 Å². The minimum absolute atomic E-state index is 0.142. The molecule has 4 nitrogen and oxygen atoms in total. The number of nitrogens with one attached hydrogen (secondary N) is 2. The molecule has 0 aliphatic carbocycles. The van der Waals surface area contributed by atoms with Crippen molar-refractivity contribution in [3.05, 3.63) is 23.8 Å². The summed E-state index contributed by atoms with van der Waals surface area (Å²) in [5.41, 5.74) is 2.10. The fourth-order valence-corrected chi connectivity index (χ4v) is 2.86. The highest BCUT2D eigenvalue weighted by Gasteiger charge is 2.16. The monoisotopic (exact) mass is 264 g/mol. The highest BCUT2D eigenvalue weighted by molar-refractivity contribution is 7.89. The van der Waals surface area contributed by atoms with E-state index in [1.165, 1.54) is 5.56 Å². The minimum Gasteiger partial charge on any atom is -0.385 e. The maximum absolute atomic E-state index is 12.0. The molecule has 0 amide bonds. The van der Waals surface area contributed by atoms with E-state index in [-0.39, 0.29) is 11.4 Å². The van der Waals surface area contributed by atoms with Crippen molar-refractivity contribution in [2.24, 2.45) is 0 Å². The summed E-state index contributed by atoms with van der Waals surface area (Å²) in [5.74, 6) is 5.33. The average Bonchev–Trinajstić information content (AvgIpc) is 2.38. The van der Waals surface area contributed by atoms with Gasteiger partial charge in [0.15, 0.2) is 0 Å². The molecule has 0 radical (unpaired) electrons. The molecule has 0 bridgehead atoms. The fraction of sp³-hybridized carbons (Fsp3) is 0.385. The Hall–Kier alpha value is -1.51. The second kappa shape index (κ2) is 5.42. The van der Waals surface area contributed by atoms with E-state index >= 15 is 0 Å². The molecule has 18 heavy (non-hydrogen) atoms. The Morgan fingerprint density at radius 3 is 3.06 bits per heavy atom. The largest absolute Gasteiger partial charge is 0.385 e. The standard InChI is InChI=1S/C13H16N2O2S/c1-2-3-9-15-18(16,17)12-7-6-11-5-4-8-14-13(11)10-12/h6-7,10,14-15H,4-5,8-9H2,1H3. The topological polar surface area (TPSA) is 58.2 Å². The first-order chi connectivity index (χ1) is 8.63. The molecule has 96 valence electrons. The molecule has 1 aliphatic rings. The van der Waals surface area contributed by atoms with Crippen LogP contribution in [0.4, 0.5) is 5.69 Å². The van der Waals surface area contributed by atoms with Crippen molar-refractivity contribution in [3.63, 3.8) is 0 Å². The van der Waals surface area contributed by atoms with Gasteiger partial charge < -0.3 is 5.32 Å². The molecule has 5 heteroatoms. The van der Waals surface area contributed by atoms with Gasteiger partial charge in [0.1, 0.15) is 0 Å². The molecule has 1 heterocycles. The number of sulfonamides is 1. The average molecular weight is 264 g/mol. The highest BCUT2D eigenvalue weighted by atomic mass is 32.2. The second-order valence-corrected chi connectivity index (χ2v) is 5.87. The highest BCUT2D eigenvalue weighted by Crippen LogP contribution is 2.24. The number of hydrogen-bond donors (Lipinski definition) is 2. The predicted molar refractivity (Wildman–Crippen MR) is 71.9 cm³/mol. The predicted octanol–water partition coefficient (Wildman–Crippen LogP) is 1.35. The number of rotatable bonds is 3. The molecule has 0 atom stereocenters. The van der Waals surface area contributed by atoms with Crippen LogP contribution < -0.4 is 10.0 Å². The van der Waals surface area contributed by atoms with E-state index in [0.717, 1.165) is 25.1 Å². The smallest absolute Gasteiger partial charge is 0.241 e. The third kappa shape index (κ3) is 2.84. The Labute approximate surface area is 108 Å². The van der Waals surface area contributed by atoms with Gasteiger partial charge in [-0.05, 0) is 37.5 Å². The zero-order chi connectivity index (χ0) is 13.0. The van der Waals surface area contributed by atoms with Gasteiger partial charge in [0, 0.05) is 12.2 Å². The Balaban J connectivity index is 2.24. The Bertz CT molecular complexity index is 597. The van der Waals surface area contributed by atoms with E-state index in [0.29, 0.717) is 0 Å². The van der Waals surface area contributed by atoms with Crippen molar-refractivity contribution in [2.45, 2.75) is 24.7 Å². The van der Waals surface area contributed by atoms with Crippen LogP contribution in [0.15, 0.2) is 23.1 Å². The summed E-state index contributed by atoms with van der Waals surface area (Å²) in [6, 6.07) is 5.21. The summed E-state index contributed by atoms with van der Waals surface area (Å²) in [6.07, 6.45) is 2.08. The van der Waals surface area contributed by atoms with Crippen LogP contribution in [0.2, 0.25) is 0 Å². The first kappa shape index (κ1) is 12.9. The van der Waals surface area contributed by atoms with E-state index in [9.17, 15) is 8.42 Å². The summed E-state index contributed by atoms with van der Waals surface area (Å²) in [5, 5.41) is 3.22. The lowest BCUT2D eigenvalue weighted by molar-refractivity contribution is 0.586. The van der Waals surface area contributed by atoms with E-state index in [4.69, 9.17) is 0 Å². The fourth-order valence-electron chi connectivity index (χ4n) is 1.91. The third-order valence-electron chi connectivity index (χ3n) is 2.86. The number of anilines is 1. The minimum atomic E-state index is -3.46. The van der Waals surface area contributed by atoms with Gasteiger partial charge >= 0.3 is 0 Å². The number of aryl methyl sites for hydroxylation is 1. The van der Waals surface area contributed by atoms with Crippen molar-refractivity contribution >= 4 is 15.7 Å². The maximum Gasteiger partial charge on any atom is 0.241 e. The zero-order valence-electron chi connectivity index (χ0n) is 10.3. The Kier molecular flexibility index (Phi) is 3.90. The Morgan fingerprint density at radius 2 is 2.28 bits per heavy atom. The molecule has 2 rings (SSSR count). The van der Waals surface area contributed by atoms with Crippen molar-refractivity contribution < 1.29 is 8.42 Å². The first-order valence-corrected chi connectivity index (χ1v) is 7.38. The molecule has 0 saturated carbocycles. The summed E-state index contributed by atoms with van der Waals surface area (Å²) in [6.45, 7) is 2.71. The summed E-state index contributed by atoms with van der Waals surface area (Å²) in [4.78, 5) is 0.286. The zero-order valence-corrected chi connectivity index (χ0v) is 11.1. The second-order valence-electron chi connectivity index (χ2n) is 4.10. The van der Waals surface area contributed by atoms with Gasteiger partial charge in [0.25, 0.3) is 0 Å². The molecular weight excluding hydrogens is 248 g/mol. The normalized spacial score (nSPS) is 14.1. The van der Waals surface area contributed by atoms with Crippen LogP contribution in [-0.2, 0) is 16.4 Å². The number of hydrogen-bond acceptors (Lipinski definition) is 3. The van der Waals surface area contributed by atoms with E-state index in [1.807, 2.05) is 6.07 Å². The van der Waals surface area contributed by atoms with Gasteiger partial charge in [-0.25, -0.2) is 8.42 Å². The first-order valence-electron chi connectivity index (χ1n) is 5.89. The molecule has 0 unspecified atom stereocenters. The van der Waals surface area contributed by atoms with Gasteiger partial charge in [-0.3, -0.25) is 0 Å². The molecule has 1 aromatic carbocycles. The molecular formula is C13H16N2O2S. The molecule has 0 spiro atoms. The summed E-state index contributed by atoms with van der Waals surface area (Å²) in [7, 11) is -3.46. The summed E-state index contributed by atoms with van der Waals surface area (Å²) < 4.78 is 26.4. The van der Waals surface area contributed by atoms with Crippen molar-refractivity contribution in [1.82, 2.24) is 4.72 Å². The molecule has 0 fully saturated rings. The quantitative estimate of drug-likeness (QED) is 0.810. The molecule has 2 N–H and O–H groups in total. The van der Waals surface area contributed by atoms with E-state index in [2.05, 4.69) is 21.9 Å². The summed E-state index contributed by atoms with van der Waals surface area (Å²) >= 11 is 0. The molecule has 0 aromatic heterocycles. The van der Waals surface area contributed by atoms with Crippen molar-refractivity contribution in [2.75, 3.05) is 18.4 Å².